The zero-order valence-electron chi connectivity index (χ0n) is 13.0. The Morgan fingerprint density at radius 1 is 1.32 bits per heavy atom. The van der Waals surface area contributed by atoms with Crippen molar-refractivity contribution >= 4 is 34.4 Å². The molecule has 1 aromatic heterocycles. The van der Waals surface area contributed by atoms with Gasteiger partial charge in [0.2, 0.25) is 11.8 Å². The summed E-state index contributed by atoms with van der Waals surface area (Å²) < 4.78 is 5.61. The molecule has 1 unspecified atom stereocenters. The minimum atomic E-state index is -0.936. The predicted molar refractivity (Wildman–Crippen MR) is 88.5 cm³/mol. The van der Waals surface area contributed by atoms with Crippen molar-refractivity contribution in [1.29, 1.82) is 0 Å². The van der Waals surface area contributed by atoms with Gasteiger partial charge in [0.1, 0.15) is 11.6 Å². The summed E-state index contributed by atoms with van der Waals surface area (Å²) in [6.45, 7) is 7.03. The van der Waals surface area contributed by atoms with E-state index in [0.29, 0.717) is 11.0 Å². The summed E-state index contributed by atoms with van der Waals surface area (Å²) in [4.78, 5) is 23.4. The monoisotopic (exact) mass is 322 g/mol. The largest absolute Gasteiger partial charge is 0.440 e. The molecule has 6 heteroatoms. The second-order valence-electron chi connectivity index (χ2n) is 5.96. The van der Waals surface area contributed by atoms with Crippen LogP contribution in [-0.4, -0.2) is 16.8 Å². The molecule has 0 fully saturated rings. The number of halogens is 1. The van der Waals surface area contributed by atoms with Crippen molar-refractivity contribution in [3.8, 4) is 0 Å². The average Bonchev–Trinajstić information content (AvgIpc) is 2.34. The van der Waals surface area contributed by atoms with Crippen LogP contribution in [0, 0.1) is 13.8 Å². The van der Waals surface area contributed by atoms with Crippen LogP contribution in [0.5, 0.6) is 0 Å². The van der Waals surface area contributed by atoms with Gasteiger partial charge in [0.15, 0.2) is 5.43 Å². The van der Waals surface area contributed by atoms with Gasteiger partial charge in [0.25, 0.3) is 0 Å². The first-order chi connectivity index (χ1) is 10.1. The van der Waals surface area contributed by atoms with E-state index in [1.807, 2.05) is 19.9 Å². The first-order valence-electron chi connectivity index (χ1n) is 6.90. The molecule has 0 saturated heterocycles. The minimum absolute atomic E-state index is 0.0591. The number of fused-ring (bicyclic) bond motifs is 1. The van der Waals surface area contributed by atoms with Gasteiger partial charge in [0, 0.05) is 6.07 Å². The van der Waals surface area contributed by atoms with Crippen molar-refractivity contribution < 1.29 is 9.21 Å². The van der Waals surface area contributed by atoms with E-state index in [9.17, 15) is 9.59 Å². The molecule has 0 aliphatic rings. The molecule has 0 spiro atoms. The van der Waals surface area contributed by atoms with E-state index in [0.717, 1.165) is 11.1 Å². The number of amides is 1. The molecular weight excluding hydrogens is 304 g/mol. The topological polar surface area (TPSA) is 85.3 Å². The number of alkyl halides is 1. The maximum atomic E-state index is 12.2. The van der Waals surface area contributed by atoms with Gasteiger partial charge in [-0.1, -0.05) is 6.07 Å². The molecule has 0 bridgehead atoms. The van der Waals surface area contributed by atoms with Crippen molar-refractivity contribution in [2.45, 2.75) is 38.6 Å². The lowest BCUT2D eigenvalue weighted by atomic mass is 10.0. The third-order valence-corrected chi connectivity index (χ3v) is 3.68. The first-order valence-corrected chi connectivity index (χ1v) is 7.28. The highest BCUT2D eigenvalue weighted by Gasteiger charge is 2.30. The van der Waals surface area contributed by atoms with E-state index in [4.69, 9.17) is 21.8 Å². The van der Waals surface area contributed by atoms with Gasteiger partial charge in [-0.25, -0.2) is 0 Å². The Morgan fingerprint density at radius 3 is 2.55 bits per heavy atom. The smallest absolute Gasteiger partial charge is 0.245 e. The van der Waals surface area contributed by atoms with Crippen molar-refractivity contribution in [2.75, 3.05) is 5.32 Å². The van der Waals surface area contributed by atoms with Crippen molar-refractivity contribution in [3.05, 3.63) is 39.5 Å². The molecule has 2 aromatic rings. The van der Waals surface area contributed by atoms with E-state index in [1.54, 1.807) is 19.9 Å². The number of anilines is 1. The van der Waals surface area contributed by atoms with Gasteiger partial charge in [-0.05, 0) is 44.9 Å². The van der Waals surface area contributed by atoms with Crippen LogP contribution in [0.15, 0.2) is 27.4 Å². The van der Waals surface area contributed by atoms with Crippen LogP contribution in [0.1, 0.15) is 25.0 Å². The van der Waals surface area contributed by atoms with Gasteiger partial charge in [0.05, 0.1) is 10.3 Å². The maximum absolute atomic E-state index is 12.2. The second kappa shape index (κ2) is 5.74. The van der Waals surface area contributed by atoms with Crippen LogP contribution >= 0.6 is 11.6 Å². The molecule has 5 nitrogen and oxygen atoms in total. The molecule has 1 aromatic carbocycles. The fourth-order valence-corrected chi connectivity index (χ4v) is 2.34. The van der Waals surface area contributed by atoms with Crippen molar-refractivity contribution in [1.82, 2.24) is 0 Å². The van der Waals surface area contributed by atoms with E-state index in [-0.39, 0.29) is 11.3 Å². The number of carbonyl (C=O) groups is 1. The molecule has 22 heavy (non-hydrogen) atoms. The number of carbonyl (C=O) groups excluding carboxylic acids is 1. The number of hydrogen-bond donors (Lipinski definition) is 2. The highest BCUT2D eigenvalue weighted by atomic mass is 35.5. The van der Waals surface area contributed by atoms with E-state index in [2.05, 4.69) is 5.32 Å². The van der Waals surface area contributed by atoms with Crippen LogP contribution in [-0.2, 0) is 4.79 Å². The summed E-state index contributed by atoms with van der Waals surface area (Å²) in [6.07, 6.45) is 0. The summed E-state index contributed by atoms with van der Waals surface area (Å²) in [5, 5.41) is 3.01. The second-order valence-corrected chi connectivity index (χ2v) is 6.94. The molecular formula is C16H19ClN2O3. The molecule has 0 saturated carbocycles. The molecule has 1 heterocycles. The Hall–Kier alpha value is -1.85. The molecule has 0 radical (unpaired) electrons. The minimum Gasteiger partial charge on any atom is -0.440 e. The number of nitrogens with one attached hydrogen (secondary N) is 1. The summed E-state index contributed by atoms with van der Waals surface area (Å²) in [6, 6.07) is 3.97. The van der Waals surface area contributed by atoms with Crippen LogP contribution in [0.3, 0.4) is 0 Å². The quantitative estimate of drug-likeness (QED) is 0.851. The van der Waals surface area contributed by atoms with Crippen LogP contribution in [0.2, 0.25) is 0 Å². The summed E-state index contributed by atoms with van der Waals surface area (Å²) in [5.74, 6) is -0.448. The third-order valence-electron chi connectivity index (χ3n) is 3.44. The summed E-state index contributed by atoms with van der Waals surface area (Å²) in [5.41, 5.74) is 7.79. The van der Waals surface area contributed by atoms with E-state index in [1.165, 1.54) is 6.07 Å². The lowest BCUT2D eigenvalue weighted by Crippen LogP contribution is -2.48. The zero-order valence-corrected chi connectivity index (χ0v) is 13.7. The molecule has 1 amide bonds. The van der Waals surface area contributed by atoms with Crippen LogP contribution in [0.4, 0.5) is 5.88 Å². The Bertz CT molecular complexity index is 790. The summed E-state index contributed by atoms with van der Waals surface area (Å²) in [7, 11) is 0. The van der Waals surface area contributed by atoms with Gasteiger partial charge in [-0.2, -0.15) is 0 Å². The lowest BCUT2D eigenvalue weighted by molar-refractivity contribution is -0.118. The van der Waals surface area contributed by atoms with Gasteiger partial charge < -0.3 is 10.2 Å². The number of nitrogens with two attached hydrogens (primary N) is 1. The number of benzene rings is 1. The Kier molecular flexibility index (Phi) is 4.31. The average molecular weight is 323 g/mol. The molecule has 0 aliphatic carbocycles. The van der Waals surface area contributed by atoms with Gasteiger partial charge in [-0.3, -0.25) is 14.9 Å². The lowest BCUT2D eigenvalue weighted by Gasteiger charge is -2.23. The highest BCUT2D eigenvalue weighted by Crippen LogP contribution is 2.22. The van der Waals surface area contributed by atoms with Gasteiger partial charge >= 0.3 is 0 Å². The SMILES string of the molecule is Cc1cc(C)c2c(=O)cc(NC(=O)C(N)C(C)(C)Cl)oc2c1. The van der Waals surface area contributed by atoms with Crippen molar-refractivity contribution in [2.24, 2.45) is 5.73 Å². The van der Waals surface area contributed by atoms with E-state index >= 15 is 0 Å². The fourth-order valence-electron chi connectivity index (χ4n) is 2.24. The maximum Gasteiger partial charge on any atom is 0.245 e. The van der Waals surface area contributed by atoms with Gasteiger partial charge in [-0.15, -0.1) is 11.6 Å². The number of hydrogen-bond acceptors (Lipinski definition) is 4. The standard InChI is InChI=1S/C16H19ClN2O3/c1-8-5-9(2)13-10(20)7-12(22-11(13)6-8)19-15(21)14(18)16(3,4)17/h5-7,14H,18H2,1-4H3,(H,19,21). The predicted octanol–water partition coefficient (Wildman–Crippen LogP) is 2.69. The normalized spacial score (nSPS) is 13.2. The number of aryl methyl sites for hydroxylation is 2. The molecule has 2 rings (SSSR count). The third kappa shape index (κ3) is 3.31. The molecule has 0 aliphatic heterocycles. The van der Waals surface area contributed by atoms with Crippen LogP contribution in [0.25, 0.3) is 11.0 Å². The zero-order chi connectivity index (χ0) is 16.7. The molecule has 118 valence electrons. The van der Waals surface area contributed by atoms with Crippen LogP contribution < -0.4 is 16.5 Å². The fraction of sp³-hybridized carbons (Fsp3) is 0.375. The summed E-state index contributed by atoms with van der Waals surface area (Å²) >= 11 is 6.03. The molecule has 1 atom stereocenters. The Morgan fingerprint density at radius 2 is 1.95 bits per heavy atom. The first kappa shape index (κ1) is 16.5. The van der Waals surface area contributed by atoms with E-state index < -0.39 is 16.8 Å². The van der Waals surface area contributed by atoms with Crippen molar-refractivity contribution in [3.63, 3.8) is 0 Å². The molecule has 3 N–H and O–H groups in total. The Balaban J connectivity index is 2.42. The Labute approximate surface area is 133 Å². The number of rotatable bonds is 3. The highest BCUT2D eigenvalue weighted by molar-refractivity contribution is 6.26.